The van der Waals surface area contributed by atoms with Gasteiger partial charge in [0.25, 0.3) is 5.91 Å². The fraction of sp³-hybridized carbons (Fsp3) is 0.125. The van der Waals surface area contributed by atoms with Gasteiger partial charge in [0.2, 0.25) is 4.73 Å². The molecule has 1 N–H and O–H groups in total. The Morgan fingerprint density at radius 3 is 2.32 bits per heavy atom. The molecule has 0 spiro atoms. The highest BCUT2D eigenvalue weighted by Gasteiger charge is 2.15. The molecule has 0 bridgehead atoms. The minimum atomic E-state index is -0.143. The number of hydrogen-bond donors (Lipinski definition) is 1. The minimum absolute atomic E-state index is 0.143. The van der Waals surface area contributed by atoms with Crippen LogP contribution in [0.2, 0.25) is 0 Å². The number of nitrogens with zero attached hydrogens (tertiary/aromatic N) is 3. The van der Waals surface area contributed by atoms with E-state index in [1.54, 1.807) is 0 Å². The maximum absolute atomic E-state index is 12.7. The Balaban J connectivity index is 1.56. The third-order valence-electron chi connectivity index (χ3n) is 4.72. The number of nitrogens with one attached hydrogen (secondary N) is 1. The molecule has 0 aliphatic rings. The lowest BCUT2D eigenvalue weighted by atomic mass is 10.1. The maximum atomic E-state index is 12.7. The highest BCUT2D eigenvalue weighted by atomic mass is 79.9. The van der Waals surface area contributed by atoms with Gasteiger partial charge in [-0.25, -0.2) is 4.68 Å². The zero-order valence-electron chi connectivity index (χ0n) is 17.2. The van der Waals surface area contributed by atoms with E-state index in [2.05, 4.69) is 62.5 Å². The minimum Gasteiger partial charge on any atom is -0.321 e. The van der Waals surface area contributed by atoms with Crippen molar-refractivity contribution in [2.24, 2.45) is 0 Å². The predicted octanol–water partition coefficient (Wildman–Crippen LogP) is 6.11. The monoisotopic (exact) mass is 492 g/mol. The number of rotatable bonds is 6. The Morgan fingerprint density at radius 2 is 1.61 bits per heavy atom. The van der Waals surface area contributed by atoms with E-state index in [0.29, 0.717) is 16.8 Å². The standard InChI is InChI=1S/C24H21BrN4OS/c1-16-7-11-18(12-8-16)15-29-24(27-23(25)28-29)31-21-6-4-3-5-20(21)26-22(30)19-13-9-17(2)10-14-19/h3-14H,15H2,1-2H3,(H,26,30). The quantitative estimate of drug-likeness (QED) is 0.352. The second-order valence-corrected chi connectivity index (χ2v) is 8.94. The Labute approximate surface area is 194 Å². The van der Waals surface area contributed by atoms with Crippen LogP contribution in [0.3, 0.4) is 0 Å². The summed E-state index contributed by atoms with van der Waals surface area (Å²) in [5, 5.41) is 8.25. The lowest BCUT2D eigenvalue weighted by molar-refractivity contribution is 0.102. The van der Waals surface area contributed by atoms with Gasteiger partial charge in [0.15, 0.2) is 5.16 Å². The summed E-state index contributed by atoms with van der Waals surface area (Å²) in [7, 11) is 0. The molecule has 0 fully saturated rings. The van der Waals surface area contributed by atoms with E-state index < -0.39 is 0 Å². The second-order valence-electron chi connectivity index (χ2n) is 7.23. The van der Waals surface area contributed by atoms with Crippen LogP contribution >= 0.6 is 27.7 Å². The molecule has 31 heavy (non-hydrogen) atoms. The van der Waals surface area contributed by atoms with Crippen molar-refractivity contribution in [1.82, 2.24) is 14.8 Å². The van der Waals surface area contributed by atoms with Gasteiger partial charge in [-0.1, -0.05) is 59.7 Å². The molecular weight excluding hydrogens is 472 g/mol. The molecule has 0 aliphatic carbocycles. The molecule has 3 aromatic carbocycles. The van der Waals surface area contributed by atoms with Gasteiger partial charge in [-0.2, -0.15) is 4.98 Å². The van der Waals surface area contributed by atoms with Crippen molar-refractivity contribution in [3.8, 4) is 0 Å². The summed E-state index contributed by atoms with van der Waals surface area (Å²) in [6.45, 7) is 4.68. The van der Waals surface area contributed by atoms with E-state index in [0.717, 1.165) is 26.9 Å². The summed E-state index contributed by atoms with van der Waals surface area (Å²) >= 11 is 4.86. The zero-order chi connectivity index (χ0) is 21.8. The van der Waals surface area contributed by atoms with Gasteiger partial charge >= 0.3 is 0 Å². The number of anilines is 1. The summed E-state index contributed by atoms with van der Waals surface area (Å²) in [6, 6.07) is 23.6. The molecule has 7 heteroatoms. The summed E-state index contributed by atoms with van der Waals surface area (Å²) < 4.78 is 2.39. The summed E-state index contributed by atoms with van der Waals surface area (Å²) in [5.41, 5.74) is 4.84. The lowest BCUT2D eigenvalue weighted by Gasteiger charge is -2.11. The van der Waals surface area contributed by atoms with Crippen LogP contribution in [0.4, 0.5) is 5.69 Å². The van der Waals surface area contributed by atoms with Crippen molar-refractivity contribution in [3.63, 3.8) is 0 Å². The fourth-order valence-corrected chi connectivity index (χ4v) is 4.39. The molecule has 4 rings (SSSR count). The highest BCUT2D eigenvalue weighted by Crippen LogP contribution is 2.33. The van der Waals surface area contributed by atoms with Crippen LogP contribution < -0.4 is 5.32 Å². The van der Waals surface area contributed by atoms with Gasteiger partial charge in [0.1, 0.15) is 0 Å². The number of amides is 1. The molecule has 0 unspecified atom stereocenters. The highest BCUT2D eigenvalue weighted by molar-refractivity contribution is 9.10. The van der Waals surface area contributed by atoms with Crippen LogP contribution in [0.5, 0.6) is 0 Å². The topological polar surface area (TPSA) is 59.8 Å². The summed E-state index contributed by atoms with van der Waals surface area (Å²) in [5.74, 6) is -0.143. The number of para-hydroxylation sites is 1. The van der Waals surface area contributed by atoms with Crippen molar-refractivity contribution in [2.75, 3.05) is 5.32 Å². The van der Waals surface area contributed by atoms with Crippen LogP contribution in [0, 0.1) is 13.8 Å². The van der Waals surface area contributed by atoms with Crippen LogP contribution in [0.15, 0.2) is 87.6 Å². The second kappa shape index (κ2) is 9.49. The molecule has 1 amide bonds. The van der Waals surface area contributed by atoms with E-state index in [1.807, 2.05) is 60.1 Å². The molecular formula is C24H21BrN4OS. The van der Waals surface area contributed by atoms with E-state index in [-0.39, 0.29) is 5.91 Å². The first-order chi connectivity index (χ1) is 15.0. The van der Waals surface area contributed by atoms with Crippen molar-refractivity contribution in [3.05, 3.63) is 99.8 Å². The Hall–Kier alpha value is -2.90. The zero-order valence-corrected chi connectivity index (χ0v) is 19.6. The SMILES string of the molecule is Cc1ccc(Cn2nc(Br)nc2Sc2ccccc2NC(=O)c2ccc(C)cc2)cc1. The Morgan fingerprint density at radius 1 is 0.968 bits per heavy atom. The first kappa shape index (κ1) is 21.3. The normalized spacial score (nSPS) is 10.8. The first-order valence-electron chi connectivity index (χ1n) is 9.79. The fourth-order valence-electron chi connectivity index (χ4n) is 3.00. The van der Waals surface area contributed by atoms with Crippen LogP contribution in [0.25, 0.3) is 0 Å². The van der Waals surface area contributed by atoms with E-state index >= 15 is 0 Å². The molecule has 1 heterocycles. The van der Waals surface area contributed by atoms with Gasteiger partial charge < -0.3 is 5.32 Å². The summed E-state index contributed by atoms with van der Waals surface area (Å²) in [4.78, 5) is 18.1. The summed E-state index contributed by atoms with van der Waals surface area (Å²) in [6.07, 6.45) is 0. The molecule has 0 saturated heterocycles. The van der Waals surface area contributed by atoms with Crippen molar-refractivity contribution in [1.29, 1.82) is 0 Å². The smallest absolute Gasteiger partial charge is 0.255 e. The van der Waals surface area contributed by atoms with Crippen LogP contribution in [-0.4, -0.2) is 20.7 Å². The van der Waals surface area contributed by atoms with Gasteiger partial charge in [0, 0.05) is 10.5 Å². The number of carbonyl (C=O) groups excluding carboxylic acids is 1. The van der Waals surface area contributed by atoms with Crippen molar-refractivity contribution in [2.45, 2.75) is 30.4 Å². The number of halogens is 1. The van der Waals surface area contributed by atoms with Crippen molar-refractivity contribution < 1.29 is 4.79 Å². The molecule has 5 nitrogen and oxygen atoms in total. The third kappa shape index (κ3) is 5.42. The molecule has 1 aromatic heterocycles. The van der Waals surface area contributed by atoms with Gasteiger partial charge in [-0.3, -0.25) is 4.79 Å². The first-order valence-corrected chi connectivity index (χ1v) is 11.4. The molecule has 0 atom stereocenters. The Kier molecular flexibility index (Phi) is 6.53. The number of carbonyl (C=O) groups is 1. The number of hydrogen-bond acceptors (Lipinski definition) is 4. The number of aryl methyl sites for hydroxylation is 2. The number of benzene rings is 3. The Bertz CT molecular complexity index is 1200. The van der Waals surface area contributed by atoms with Crippen LogP contribution in [0.1, 0.15) is 27.0 Å². The molecule has 0 aliphatic heterocycles. The van der Waals surface area contributed by atoms with Gasteiger partial charge in [0.05, 0.1) is 12.2 Å². The molecule has 156 valence electrons. The molecule has 0 saturated carbocycles. The number of aromatic nitrogens is 3. The lowest BCUT2D eigenvalue weighted by Crippen LogP contribution is -2.12. The average Bonchev–Trinajstić information content (AvgIpc) is 3.10. The largest absolute Gasteiger partial charge is 0.321 e. The molecule has 4 aromatic rings. The predicted molar refractivity (Wildman–Crippen MR) is 128 cm³/mol. The van der Waals surface area contributed by atoms with Gasteiger partial charge in [-0.15, -0.1) is 5.10 Å². The van der Waals surface area contributed by atoms with E-state index in [1.165, 1.54) is 17.3 Å². The van der Waals surface area contributed by atoms with E-state index in [4.69, 9.17) is 0 Å². The third-order valence-corrected chi connectivity index (χ3v) is 6.11. The maximum Gasteiger partial charge on any atom is 0.255 e. The van der Waals surface area contributed by atoms with Crippen molar-refractivity contribution >= 4 is 39.3 Å². The van der Waals surface area contributed by atoms with E-state index in [9.17, 15) is 4.79 Å². The molecule has 0 radical (unpaired) electrons. The van der Waals surface area contributed by atoms with Gasteiger partial charge in [-0.05, 0) is 71.4 Å². The average molecular weight is 493 g/mol. The van der Waals surface area contributed by atoms with Crippen LogP contribution in [-0.2, 0) is 6.54 Å².